The largest absolute Gasteiger partial charge is 0.496 e. The van der Waals surface area contributed by atoms with Gasteiger partial charge in [-0.2, -0.15) is 4.31 Å². The SMILES string of the molecule is COc1ccc(S(=O)(=O)N2CCCC(CNC(=O)C3CCCN3)C2)cc1C. The molecule has 1 amide bonds. The predicted octanol–water partition coefficient (Wildman–Crippen LogP) is 1.27. The van der Waals surface area contributed by atoms with Crippen molar-refractivity contribution in [2.45, 2.75) is 43.5 Å². The Hall–Kier alpha value is -1.64. The molecule has 2 aliphatic heterocycles. The number of sulfonamides is 1. The molecule has 2 heterocycles. The second-order valence-corrected chi connectivity index (χ2v) is 9.33. The van der Waals surface area contributed by atoms with E-state index in [9.17, 15) is 13.2 Å². The van der Waals surface area contributed by atoms with Crippen molar-refractivity contribution < 1.29 is 17.9 Å². The molecule has 1 aromatic rings. The number of nitrogens with one attached hydrogen (secondary N) is 2. The first-order chi connectivity index (χ1) is 12.9. The second kappa shape index (κ2) is 8.58. The van der Waals surface area contributed by atoms with Gasteiger partial charge in [-0.05, 0) is 68.8 Å². The van der Waals surface area contributed by atoms with Crippen LogP contribution in [0, 0.1) is 12.8 Å². The van der Waals surface area contributed by atoms with E-state index in [0.717, 1.165) is 37.8 Å². The van der Waals surface area contributed by atoms with Crippen LogP contribution in [0.2, 0.25) is 0 Å². The van der Waals surface area contributed by atoms with Gasteiger partial charge in [-0.1, -0.05) is 0 Å². The van der Waals surface area contributed by atoms with Gasteiger partial charge >= 0.3 is 0 Å². The van der Waals surface area contributed by atoms with Crippen LogP contribution in [0.4, 0.5) is 0 Å². The third kappa shape index (κ3) is 4.62. The number of benzene rings is 1. The molecule has 1 aromatic carbocycles. The zero-order valence-electron chi connectivity index (χ0n) is 16.0. The minimum atomic E-state index is -3.54. The van der Waals surface area contributed by atoms with E-state index < -0.39 is 10.0 Å². The fourth-order valence-corrected chi connectivity index (χ4v) is 5.49. The lowest BCUT2D eigenvalue weighted by Crippen LogP contribution is -2.46. The minimum Gasteiger partial charge on any atom is -0.496 e. The van der Waals surface area contributed by atoms with E-state index in [1.807, 2.05) is 6.92 Å². The Bertz CT molecular complexity index is 775. The number of ether oxygens (including phenoxy) is 1. The van der Waals surface area contributed by atoms with Crippen molar-refractivity contribution in [3.63, 3.8) is 0 Å². The summed E-state index contributed by atoms with van der Waals surface area (Å²) in [4.78, 5) is 12.5. The first kappa shape index (κ1) is 20.1. The number of nitrogens with zero attached hydrogens (tertiary/aromatic N) is 1. The summed E-state index contributed by atoms with van der Waals surface area (Å²) in [6.45, 7) is 4.19. The predicted molar refractivity (Wildman–Crippen MR) is 103 cm³/mol. The summed E-state index contributed by atoms with van der Waals surface area (Å²) >= 11 is 0. The smallest absolute Gasteiger partial charge is 0.243 e. The summed E-state index contributed by atoms with van der Waals surface area (Å²) in [5.41, 5.74) is 0.795. The number of aryl methyl sites for hydroxylation is 1. The first-order valence-corrected chi connectivity index (χ1v) is 11.0. The topological polar surface area (TPSA) is 87.7 Å². The number of amides is 1. The van der Waals surface area contributed by atoms with E-state index in [4.69, 9.17) is 4.74 Å². The minimum absolute atomic E-state index is 0.0262. The van der Waals surface area contributed by atoms with Crippen molar-refractivity contribution in [2.75, 3.05) is 33.3 Å². The van der Waals surface area contributed by atoms with E-state index in [1.165, 1.54) is 0 Å². The van der Waals surface area contributed by atoms with E-state index in [1.54, 1.807) is 29.6 Å². The third-order valence-electron chi connectivity index (χ3n) is 5.43. The van der Waals surface area contributed by atoms with Gasteiger partial charge in [0.25, 0.3) is 0 Å². The van der Waals surface area contributed by atoms with Crippen LogP contribution in [0.15, 0.2) is 23.1 Å². The number of hydrogen-bond donors (Lipinski definition) is 2. The molecule has 2 unspecified atom stereocenters. The van der Waals surface area contributed by atoms with Gasteiger partial charge in [-0.25, -0.2) is 8.42 Å². The number of carbonyl (C=O) groups excluding carboxylic acids is 1. The fraction of sp³-hybridized carbons (Fsp3) is 0.632. The highest BCUT2D eigenvalue weighted by Gasteiger charge is 2.31. The zero-order chi connectivity index (χ0) is 19.4. The summed E-state index contributed by atoms with van der Waals surface area (Å²) in [5.74, 6) is 0.838. The van der Waals surface area contributed by atoms with Crippen molar-refractivity contribution >= 4 is 15.9 Å². The lowest BCUT2D eigenvalue weighted by molar-refractivity contribution is -0.123. The average molecular weight is 396 g/mol. The Labute approximate surface area is 161 Å². The Morgan fingerprint density at radius 3 is 2.81 bits per heavy atom. The number of methoxy groups -OCH3 is 1. The molecule has 2 saturated heterocycles. The van der Waals surface area contributed by atoms with Gasteiger partial charge in [-0.15, -0.1) is 0 Å². The molecule has 0 spiro atoms. The summed E-state index contributed by atoms with van der Waals surface area (Å²) in [5, 5.41) is 6.18. The van der Waals surface area contributed by atoms with Crippen LogP contribution in [0.25, 0.3) is 0 Å². The monoisotopic (exact) mass is 395 g/mol. The highest BCUT2D eigenvalue weighted by molar-refractivity contribution is 7.89. The Kier molecular flexibility index (Phi) is 6.39. The molecule has 2 fully saturated rings. The van der Waals surface area contributed by atoms with Crippen LogP contribution in [-0.2, 0) is 14.8 Å². The average Bonchev–Trinajstić information content (AvgIpc) is 3.21. The van der Waals surface area contributed by atoms with Gasteiger partial charge in [-0.3, -0.25) is 4.79 Å². The lowest BCUT2D eigenvalue weighted by atomic mass is 9.99. The molecule has 0 aromatic heterocycles. The normalized spacial score (nSPS) is 23.9. The number of rotatable bonds is 6. The molecule has 150 valence electrons. The van der Waals surface area contributed by atoms with E-state index >= 15 is 0 Å². The van der Waals surface area contributed by atoms with Gasteiger partial charge in [0.2, 0.25) is 15.9 Å². The molecule has 2 atom stereocenters. The van der Waals surface area contributed by atoms with E-state index in [2.05, 4.69) is 10.6 Å². The molecule has 3 rings (SSSR count). The number of piperidine rings is 1. The first-order valence-electron chi connectivity index (χ1n) is 9.57. The van der Waals surface area contributed by atoms with Gasteiger partial charge < -0.3 is 15.4 Å². The van der Waals surface area contributed by atoms with Crippen molar-refractivity contribution in [3.05, 3.63) is 23.8 Å². The summed E-state index contributed by atoms with van der Waals surface area (Å²) < 4.78 is 32.8. The second-order valence-electron chi connectivity index (χ2n) is 7.40. The molecule has 0 aliphatic carbocycles. The van der Waals surface area contributed by atoms with Crippen LogP contribution in [0.5, 0.6) is 5.75 Å². The fourth-order valence-electron chi connectivity index (χ4n) is 3.85. The molecule has 0 radical (unpaired) electrons. The van der Waals surface area contributed by atoms with Crippen molar-refractivity contribution in [1.82, 2.24) is 14.9 Å². The molecular formula is C19H29N3O4S. The Morgan fingerprint density at radius 1 is 1.33 bits per heavy atom. The maximum atomic E-state index is 13.0. The van der Waals surface area contributed by atoms with Gasteiger partial charge in [0, 0.05) is 19.6 Å². The number of carbonyl (C=O) groups is 1. The lowest BCUT2D eigenvalue weighted by Gasteiger charge is -2.32. The maximum absolute atomic E-state index is 13.0. The highest BCUT2D eigenvalue weighted by Crippen LogP contribution is 2.27. The molecule has 27 heavy (non-hydrogen) atoms. The van der Waals surface area contributed by atoms with Gasteiger partial charge in [0.05, 0.1) is 18.0 Å². The molecule has 8 heteroatoms. The van der Waals surface area contributed by atoms with E-state index in [0.29, 0.717) is 30.3 Å². The molecule has 7 nitrogen and oxygen atoms in total. The Morgan fingerprint density at radius 2 is 2.15 bits per heavy atom. The van der Waals surface area contributed by atoms with Crippen LogP contribution >= 0.6 is 0 Å². The van der Waals surface area contributed by atoms with Crippen LogP contribution in [0.3, 0.4) is 0 Å². The summed E-state index contributed by atoms with van der Waals surface area (Å²) in [6, 6.07) is 4.85. The van der Waals surface area contributed by atoms with Gasteiger partial charge in [0.15, 0.2) is 0 Å². The summed E-state index contributed by atoms with van der Waals surface area (Å²) in [6.07, 6.45) is 3.62. The van der Waals surface area contributed by atoms with Crippen molar-refractivity contribution in [2.24, 2.45) is 5.92 Å². The highest BCUT2D eigenvalue weighted by atomic mass is 32.2. The quantitative estimate of drug-likeness (QED) is 0.757. The molecule has 2 aliphatic rings. The molecule has 2 N–H and O–H groups in total. The zero-order valence-corrected chi connectivity index (χ0v) is 16.8. The summed E-state index contributed by atoms with van der Waals surface area (Å²) in [7, 11) is -1.97. The van der Waals surface area contributed by atoms with Crippen LogP contribution in [0.1, 0.15) is 31.2 Å². The Balaban J connectivity index is 1.62. The third-order valence-corrected chi connectivity index (χ3v) is 7.29. The molecule has 0 bridgehead atoms. The molecule has 0 saturated carbocycles. The van der Waals surface area contributed by atoms with Crippen molar-refractivity contribution in [1.29, 1.82) is 0 Å². The maximum Gasteiger partial charge on any atom is 0.243 e. The van der Waals surface area contributed by atoms with Crippen LogP contribution < -0.4 is 15.4 Å². The van der Waals surface area contributed by atoms with E-state index in [-0.39, 0.29) is 17.9 Å². The standard InChI is InChI=1S/C19H29N3O4S/c1-14-11-16(7-8-18(14)26-2)27(24,25)22-10-4-5-15(13-22)12-21-19(23)17-6-3-9-20-17/h7-8,11,15,17,20H,3-6,9-10,12-13H2,1-2H3,(H,21,23). The van der Waals surface area contributed by atoms with Crippen molar-refractivity contribution in [3.8, 4) is 5.75 Å². The van der Waals surface area contributed by atoms with Crippen LogP contribution in [-0.4, -0.2) is 58.0 Å². The number of hydrogen-bond acceptors (Lipinski definition) is 5. The molecular weight excluding hydrogens is 366 g/mol. The van der Waals surface area contributed by atoms with Gasteiger partial charge in [0.1, 0.15) is 5.75 Å².